The summed E-state index contributed by atoms with van der Waals surface area (Å²) in [5.41, 5.74) is -0.549. The van der Waals surface area contributed by atoms with E-state index in [0.717, 1.165) is 12.1 Å². The van der Waals surface area contributed by atoms with E-state index in [2.05, 4.69) is 5.32 Å². The minimum absolute atomic E-state index is 0.163. The van der Waals surface area contributed by atoms with Gasteiger partial charge < -0.3 is 15.5 Å². The van der Waals surface area contributed by atoms with Crippen molar-refractivity contribution >= 4 is 11.9 Å². The molecule has 0 saturated carbocycles. The summed E-state index contributed by atoms with van der Waals surface area (Å²) in [4.78, 5) is 22.3. The van der Waals surface area contributed by atoms with E-state index in [0.29, 0.717) is 0 Å². The van der Waals surface area contributed by atoms with Crippen molar-refractivity contribution < 1.29 is 24.2 Å². The molecular formula is C11H12FNO4. The van der Waals surface area contributed by atoms with E-state index in [9.17, 15) is 19.1 Å². The van der Waals surface area contributed by atoms with Crippen molar-refractivity contribution in [3.8, 4) is 5.75 Å². The molecule has 5 nitrogen and oxygen atoms in total. The van der Waals surface area contributed by atoms with Gasteiger partial charge in [-0.25, -0.2) is 9.18 Å². The number of nitrogens with one attached hydrogen (secondary N) is 1. The number of carbonyl (C=O) groups excluding carboxylic acids is 1. The number of hydrogen-bond donors (Lipinski definition) is 3. The van der Waals surface area contributed by atoms with Gasteiger partial charge in [0.05, 0.1) is 0 Å². The number of aliphatic carboxylic acids is 1. The summed E-state index contributed by atoms with van der Waals surface area (Å²) in [6, 6.07) is 2.30. The Bertz CT molecular complexity index is 427. The van der Waals surface area contributed by atoms with E-state index in [-0.39, 0.29) is 6.42 Å². The Balaban J connectivity index is 2.94. The molecule has 0 heterocycles. The number of carboxylic acid groups (broad SMARTS) is 1. The van der Waals surface area contributed by atoms with E-state index >= 15 is 0 Å². The zero-order chi connectivity index (χ0) is 13.0. The van der Waals surface area contributed by atoms with E-state index in [1.165, 1.54) is 6.07 Å². The third kappa shape index (κ3) is 2.93. The van der Waals surface area contributed by atoms with Crippen LogP contribution in [0.15, 0.2) is 18.2 Å². The Kier molecular flexibility index (Phi) is 4.03. The van der Waals surface area contributed by atoms with Crippen LogP contribution < -0.4 is 5.32 Å². The van der Waals surface area contributed by atoms with E-state index < -0.39 is 35.0 Å². The van der Waals surface area contributed by atoms with Gasteiger partial charge in [0.2, 0.25) is 0 Å². The summed E-state index contributed by atoms with van der Waals surface area (Å²) in [6.45, 7) is 1.57. The second kappa shape index (κ2) is 5.29. The van der Waals surface area contributed by atoms with Gasteiger partial charge in [0.15, 0.2) is 0 Å². The fraction of sp³-hybridized carbons (Fsp3) is 0.273. The standard InChI is InChI=1S/C11H12FNO4/c1-2-7(11(16)17)13-10(15)9-6(12)4-3-5-8(9)14/h3-5,7,14H,2H2,1H3,(H,13,15)(H,16,17)/t7-/m0/s1. The zero-order valence-corrected chi connectivity index (χ0v) is 9.11. The molecule has 1 aromatic carbocycles. The minimum atomic E-state index is -1.21. The van der Waals surface area contributed by atoms with Crippen LogP contribution in [0.1, 0.15) is 23.7 Å². The van der Waals surface area contributed by atoms with Crippen molar-refractivity contribution in [2.75, 3.05) is 0 Å². The van der Waals surface area contributed by atoms with Crippen LogP contribution in [0, 0.1) is 5.82 Å². The molecule has 0 aromatic heterocycles. The lowest BCUT2D eigenvalue weighted by molar-refractivity contribution is -0.139. The molecule has 6 heteroatoms. The summed E-state index contributed by atoms with van der Waals surface area (Å²) < 4.78 is 13.3. The number of benzene rings is 1. The molecule has 92 valence electrons. The molecule has 0 radical (unpaired) electrons. The highest BCUT2D eigenvalue weighted by atomic mass is 19.1. The Hall–Kier alpha value is -2.11. The molecule has 0 aliphatic heterocycles. The third-order valence-electron chi connectivity index (χ3n) is 2.23. The number of hydrogen-bond acceptors (Lipinski definition) is 3. The number of carbonyl (C=O) groups is 2. The van der Waals surface area contributed by atoms with Crippen LogP contribution in [0.4, 0.5) is 4.39 Å². The lowest BCUT2D eigenvalue weighted by Gasteiger charge is -2.13. The van der Waals surface area contributed by atoms with Gasteiger partial charge in [-0.1, -0.05) is 13.0 Å². The Morgan fingerprint density at radius 2 is 2.12 bits per heavy atom. The van der Waals surface area contributed by atoms with Crippen LogP contribution in [-0.2, 0) is 4.79 Å². The third-order valence-corrected chi connectivity index (χ3v) is 2.23. The lowest BCUT2D eigenvalue weighted by Crippen LogP contribution is -2.40. The molecule has 1 aromatic rings. The molecule has 1 amide bonds. The molecule has 1 atom stereocenters. The number of carboxylic acids is 1. The number of rotatable bonds is 4. The summed E-state index contributed by atoms with van der Waals surface area (Å²) in [5.74, 6) is -3.59. The monoisotopic (exact) mass is 241 g/mol. The van der Waals surface area contributed by atoms with Crippen LogP contribution in [-0.4, -0.2) is 28.1 Å². The molecule has 0 saturated heterocycles. The SMILES string of the molecule is CC[C@H](NC(=O)c1c(O)cccc1F)C(=O)O. The van der Waals surface area contributed by atoms with Crippen LogP contribution in [0.25, 0.3) is 0 Å². The lowest BCUT2D eigenvalue weighted by atomic mass is 10.1. The Morgan fingerprint density at radius 1 is 1.47 bits per heavy atom. The normalized spacial score (nSPS) is 11.9. The molecule has 17 heavy (non-hydrogen) atoms. The second-order valence-corrected chi connectivity index (χ2v) is 3.41. The highest BCUT2D eigenvalue weighted by molar-refractivity contribution is 5.99. The molecule has 0 spiro atoms. The van der Waals surface area contributed by atoms with Crippen molar-refractivity contribution in [2.24, 2.45) is 0 Å². The molecule has 0 unspecified atom stereocenters. The largest absolute Gasteiger partial charge is 0.507 e. The summed E-state index contributed by atoms with van der Waals surface area (Å²) in [5, 5.41) is 20.2. The fourth-order valence-electron chi connectivity index (χ4n) is 1.31. The molecule has 0 fully saturated rings. The topological polar surface area (TPSA) is 86.6 Å². The van der Waals surface area contributed by atoms with Gasteiger partial charge in [-0.3, -0.25) is 4.79 Å². The Labute approximate surface area is 96.9 Å². The summed E-state index contributed by atoms with van der Waals surface area (Å²) in [6.07, 6.45) is 0.163. The number of phenolic OH excluding ortho intramolecular Hbond substituents is 1. The van der Waals surface area contributed by atoms with Gasteiger partial charge in [-0.15, -0.1) is 0 Å². The van der Waals surface area contributed by atoms with E-state index in [1.807, 2.05) is 0 Å². The molecule has 0 bridgehead atoms. The van der Waals surface area contributed by atoms with Crippen molar-refractivity contribution in [3.63, 3.8) is 0 Å². The van der Waals surface area contributed by atoms with Crippen LogP contribution in [0.5, 0.6) is 5.75 Å². The predicted molar refractivity (Wildman–Crippen MR) is 57.2 cm³/mol. The number of halogens is 1. The van der Waals surface area contributed by atoms with Gasteiger partial charge in [-0.05, 0) is 18.6 Å². The quantitative estimate of drug-likeness (QED) is 0.737. The maximum absolute atomic E-state index is 13.3. The number of amides is 1. The van der Waals surface area contributed by atoms with Gasteiger partial charge >= 0.3 is 5.97 Å². The predicted octanol–water partition coefficient (Wildman–Crippen LogP) is 1.12. The first kappa shape index (κ1) is 13.0. The van der Waals surface area contributed by atoms with Crippen LogP contribution in [0.3, 0.4) is 0 Å². The van der Waals surface area contributed by atoms with Crippen LogP contribution >= 0.6 is 0 Å². The fourth-order valence-corrected chi connectivity index (χ4v) is 1.31. The van der Waals surface area contributed by atoms with Gasteiger partial charge in [-0.2, -0.15) is 0 Å². The van der Waals surface area contributed by atoms with E-state index in [4.69, 9.17) is 5.11 Å². The van der Waals surface area contributed by atoms with Crippen LogP contribution in [0.2, 0.25) is 0 Å². The maximum atomic E-state index is 13.3. The van der Waals surface area contributed by atoms with Gasteiger partial charge in [0, 0.05) is 0 Å². The molecule has 0 aliphatic carbocycles. The first-order valence-corrected chi connectivity index (χ1v) is 4.98. The van der Waals surface area contributed by atoms with Crippen molar-refractivity contribution in [1.82, 2.24) is 5.32 Å². The first-order valence-electron chi connectivity index (χ1n) is 4.98. The van der Waals surface area contributed by atoms with Gasteiger partial charge in [0.25, 0.3) is 5.91 Å². The van der Waals surface area contributed by atoms with E-state index in [1.54, 1.807) is 6.92 Å². The second-order valence-electron chi connectivity index (χ2n) is 3.41. The highest BCUT2D eigenvalue weighted by Gasteiger charge is 2.22. The summed E-state index contributed by atoms with van der Waals surface area (Å²) in [7, 11) is 0. The van der Waals surface area contributed by atoms with Crippen molar-refractivity contribution in [2.45, 2.75) is 19.4 Å². The summed E-state index contributed by atoms with van der Waals surface area (Å²) >= 11 is 0. The molecular weight excluding hydrogens is 229 g/mol. The molecule has 0 aliphatic rings. The van der Waals surface area contributed by atoms with Crippen molar-refractivity contribution in [1.29, 1.82) is 0 Å². The van der Waals surface area contributed by atoms with Gasteiger partial charge in [0.1, 0.15) is 23.2 Å². The zero-order valence-electron chi connectivity index (χ0n) is 9.11. The molecule has 3 N–H and O–H groups in total. The highest BCUT2D eigenvalue weighted by Crippen LogP contribution is 2.19. The van der Waals surface area contributed by atoms with Crippen molar-refractivity contribution in [3.05, 3.63) is 29.6 Å². The molecule has 1 rings (SSSR count). The smallest absolute Gasteiger partial charge is 0.326 e. The Morgan fingerprint density at radius 3 is 2.59 bits per heavy atom. The maximum Gasteiger partial charge on any atom is 0.326 e. The average Bonchev–Trinajstić information content (AvgIpc) is 2.25. The number of aromatic hydroxyl groups is 1. The minimum Gasteiger partial charge on any atom is -0.507 e. The number of phenols is 1. The first-order chi connectivity index (χ1) is 7.97. The average molecular weight is 241 g/mol.